The van der Waals surface area contributed by atoms with Gasteiger partial charge in [0.15, 0.2) is 11.5 Å². The molecule has 0 aliphatic carbocycles. The molecule has 8 heteroatoms. The Hall–Kier alpha value is -3.74. The van der Waals surface area contributed by atoms with Gasteiger partial charge in [0, 0.05) is 11.5 Å². The molecule has 5 rings (SSSR count). The Kier molecular flexibility index (Phi) is 6.49. The van der Waals surface area contributed by atoms with E-state index in [-0.39, 0.29) is 0 Å². The van der Waals surface area contributed by atoms with Gasteiger partial charge >= 0.3 is 0 Å². The number of nitrogens with one attached hydrogen (secondary N) is 1. The molecule has 35 heavy (non-hydrogen) atoms. The van der Waals surface area contributed by atoms with Crippen LogP contribution in [0.2, 0.25) is 10.0 Å². The number of benzene rings is 4. The zero-order valence-electron chi connectivity index (χ0n) is 19.0. The third-order valence-corrected chi connectivity index (χ3v) is 6.22. The fourth-order valence-corrected chi connectivity index (χ4v) is 4.33. The molecule has 176 valence electrons. The number of nitrogens with zero attached hydrogens (tertiary/aromatic N) is 2. The van der Waals surface area contributed by atoms with Gasteiger partial charge in [-0.15, -0.1) is 0 Å². The van der Waals surface area contributed by atoms with E-state index in [0.717, 1.165) is 27.2 Å². The van der Waals surface area contributed by atoms with Crippen molar-refractivity contribution < 1.29 is 14.2 Å². The number of rotatable bonds is 7. The lowest BCUT2D eigenvalue weighted by Crippen LogP contribution is -1.99. The highest BCUT2D eigenvalue weighted by Gasteiger charge is 2.13. The zero-order chi connectivity index (χ0) is 24.4. The summed E-state index contributed by atoms with van der Waals surface area (Å²) >= 11 is 12.6. The minimum Gasteiger partial charge on any atom is -0.495 e. The molecule has 5 aromatic rings. The van der Waals surface area contributed by atoms with Gasteiger partial charge in [-0.2, -0.15) is 0 Å². The molecule has 0 amide bonds. The molecule has 0 fully saturated rings. The lowest BCUT2D eigenvalue weighted by molar-refractivity contribution is 0.285. The predicted octanol–water partition coefficient (Wildman–Crippen LogP) is 7.43. The van der Waals surface area contributed by atoms with E-state index >= 15 is 0 Å². The summed E-state index contributed by atoms with van der Waals surface area (Å²) in [5.74, 6) is 2.42. The van der Waals surface area contributed by atoms with Gasteiger partial charge in [-0.1, -0.05) is 53.5 Å². The molecule has 1 heterocycles. The molecule has 0 unspecified atom stereocenters. The molecule has 0 spiro atoms. The summed E-state index contributed by atoms with van der Waals surface area (Å²) in [7, 11) is 3.18. The first-order chi connectivity index (χ1) is 17.1. The maximum Gasteiger partial charge on any atom is 0.162 e. The summed E-state index contributed by atoms with van der Waals surface area (Å²) in [5, 5.41) is 6.91. The maximum atomic E-state index is 6.41. The Morgan fingerprint density at radius 2 is 1.51 bits per heavy atom. The average molecular weight is 506 g/mol. The molecule has 0 atom stereocenters. The van der Waals surface area contributed by atoms with Gasteiger partial charge in [0.05, 0.1) is 35.5 Å². The predicted molar refractivity (Wildman–Crippen MR) is 141 cm³/mol. The van der Waals surface area contributed by atoms with Crippen LogP contribution >= 0.6 is 23.2 Å². The topological polar surface area (TPSA) is 65.5 Å². The maximum absolute atomic E-state index is 6.41. The first-order valence-corrected chi connectivity index (χ1v) is 11.5. The molecule has 0 aliphatic rings. The molecular weight excluding hydrogens is 485 g/mol. The minimum atomic E-state index is 0.430. The van der Waals surface area contributed by atoms with E-state index < -0.39 is 0 Å². The van der Waals surface area contributed by atoms with Crippen molar-refractivity contribution in [2.75, 3.05) is 19.5 Å². The van der Waals surface area contributed by atoms with E-state index in [1.54, 1.807) is 26.4 Å². The molecule has 4 aromatic carbocycles. The molecule has 1 aromatic heterocycles. The van der Waals surface area contributed by atoms with Gasteiger partial charge in [0.25, 0.3) is 0 Å². The molecule has 0 saturated carbocycles. The number of methoxy groups -OCH3 is 2. The number of ether oxygens (including phenoxy) is 3. The Morgan fingerprint density at radius 3 is 2.29 bits per heavy atom. The smallest absolute Gasteiger partial charge is 0.162 e. The molecule has 0 saturated heterocycles. The second-order valence-electron chi connectivity index (χ2n) is 7.81. The first kappa shape index (κ1) is 23.0. The largest absolute Gasteiger partial charge is 0.495 e. The van der Waals surface area contributed by atoms with Crippen molar-refractivity contribution in [2.45, 2.75) is 6.61 Å². The highest BCUT2D eigenvalue weighted by Crippen LogP contribution is 2.38. The van der Waals surface area contributed by atoms with Crippen molar-refractivity contribution >= 4 is 56.4 Å². The van der Waals surface area contributed by atoms with E-state index in [1.807, 2.05) is 54.6 Å². The third-order valence-electron chi connectivity index (χ3n) is 5.61. The summed E-state index contributed by atoms with van der Waals surface area (Å²) in [6.07, 6.45) is 1.51. The molecule has 6 nitrogen and oxygen atoms in total. The average Bonchev–Trinajstić information content (AvgIpc) is 2.88. The summed E-state index contributed by atoms with van der Waals surface area (Å²) in [5.41, 5.74) is 2.47. The van der Waals surface area contributed by atoms with E-state index in [9.17, 15) is 0 Å². The lowest BCUT2D eigenvalue weighted by Gasteiger charge is -2.14. The fraction of sp³-hybridized carbons (Fsp3) is 0.111. The van der Waals surface area contributed by atoms with Crippen LogP contribution in [0.3, 0.4) is 0 Å². The Balaban J connectivity index is 1.53. The van der Waals surface area contributed by atoms with Crippen LogP contribution < -0.4 is 19.5 Å². The van der Waals surface area contributed by atoms with Crippen LogP contribution in [0.25, 0.3) is 21.7 Å². The number of hydrogen-bond acceptors (Lipinski definition) is 6. The molecular formula is C27H21Cl2N3O3. The highest BCUT2D eigenvalue weighted by atomic mass is 35.5. The van der Waals surface area contributed by atoms with E-state index in [1.165, 1.54) is 6.33 Å². The van der Waals surface area contributed by atoms with Crippen LogP contribution in [-0.4, -0.2) is 24.2 Å². The number of aromatic nitrogens is 2. The monoisotopic (exact) mass is 505 g/mol. The van der Waals surface area contributed by atoms with Crippen LogP contribution in [0.4, 0.5) is 11.5 Å². The van der Waals surface area contributed by atoms with Crippen LogP contribution in [0.15, 0.2) is 73.1 Å². The van der Waals surface area contributed by atoms with Crippen LogP contribution in [-0.2, 0) is 6.61 Å². The van der Waals surface area contributed by atoms with Gasteiger partial charge in [-0.25, -0.2) is 9.97 Å². The van der Waals surface area contributed by atoms with Crippen molar-refractivity contribution in [3.8, 4) is 17.2 Å². The molecule has 1 N–H and O–H groups in total. The summed E-state index contributed by atoms with van der Waals surface area (Å²) in [6.45, 7) is 0.442. The van der Waals surface area contributed by atoms with Crippen molar-refractivity contribution in [2.24, 2.45) is 0 Å². The Morgan fingerprint density at radius 1 is 0.771 bits per heavy atom. The zero-order valence-corrected chi connectivity index (χ0v) is 20.5. The van der Waals surface area contributed by atoms with Crippen LogP contribution in [0, 0.1) is 0 Å². The van der Waals surface area contributed by atoms with Gasteiger partial charge in [0.1, 0.15) is 24.5 Å². The van der Waals surface area contributed by atoms with E-state index in [4.69, 9.17) is 37.4 Å². The fourth-order valence-electron chi connectivity index (χ4n) is 3.83. The molecule has 0 aliphatic heterocycles. The van der Waals surface area contributed by atoms with E-state index in [0.29, 0.717) is 45.4 Å². The van der Waals surface area contributed by atoms with Gasteiger partial charge in [-0.05, 0) is 46.7 Å². The second-order valence-corrected chi connectivity index (χ2v) is 8.62. The normalized spacial score (nSPS) is 11.0. The summed E-state index contributed by atoms with van der Waals surface area (Å²) in [6, 6.07) is 21.3. The number of hydrogen-bond donors (Lipinski definition) is 1. The third kappa shape index (κ3) is 4.76. The number of anilines is 2. The quantitative estimate of drug-likeness (QED) is 0.232. The van der Waals surface area contributed by atoms with Crippen LogP contribution in [0.5, 0.6) is 17.2 Å². The van der Waals surface area contributed by atoms with Crippen LogP contribution in [0.1, 0.15) is 5.56 Å². The molecule has 0 radical (unpaired) electrons. The standard InChI is InChI=1S/C27H21Cl2N3O3/c1-33-24-13-23(20(28)12-21(24)29)32-27-19-8-17-10-25(34-2)26(35-14-16-6-4-3-5-7-16)11-18(17)9-22(19)30-15-31-27/h3-13,15H,14H2,1-2H3,(H,30,31,32). The Labute approximate surface area is 212 Å². The highest BCUT2D eigenvalue weighted by molar-refractivity contribution is 6.37. The van der Waals surface area contributed by atoms with Gasteiger partial charge in [-0.3, -0.25) is 0 Å². The first-order valence-electron chi connectivity index (χ1n) is 10.8. The number of halogens is 2. The molecule has 0 bridgehead atoms. The van der Waals surface area contributed by atoms with Crippen molar-refractivity contribution in [3.05, 3.63) is 88.7 Å². The number of fused-ring (bicyclic) bond motifs is 2. The van der Waals surface area contributed by atoms with Crippen molar-refractivity contribution in [1.29, 1.82) is 0 Å². The van der Waals surface area contributed by atoms with Crippen molar-refractivity contribution in [3.63, 3.8) is 0 Å². The lowest BCUT2D eigenvalue weighted by atomic mass is 10.1. The summed E-state index contributed by atoms with van der Waals surface area (Å²) < 4.78 is 17.0. The van der Waals surface area contributed by atoms with E-state index in [2.05, 4.69) is 15.3 Å². The SMILES string of the molecule is COc1cc(Nc2ncnc3cc4cc(OCc5ccccc5)c(OC)cc4cc23)c(Cl)cc1Cl. The van der Waals surface area contributed by atoms with Crippen molar-refractivity contribution in [1.82, 2.24) is 9.97 Å². The second kappa shape index (κ2) is 9.86. The van der Waals surface area contributed by atoms with Gasteiger partial charge in [0.2, 0.25) is 0 Å². The minimum absolute atomic E-state index is 0.430. The summed E-state index contributed by atoms with van der Waals surface area (Å²) in [4.78, 5) is 8.91. The van der Waals surface area contributed by atoms with Gasteiger partial charge < -0.3 is 19.5 Å². The Bertz CT molecular complexity index is 1530.